The molecule has 0 spiro atoms. The Morgan fingerprint density at radius 3 is 2.44 bits per heavy atom. The zero-order chi connectivity index (χ0) is 18.2. The van der Waals surface area contributed by atoms with Gasteiger partial charge < -0.3 is 15.5 Å². The number of unbranched alkanes of at least 4 members (excludes halogenated alkanes) is 2. The van der Waals surface area contributed by atoms with Crippen molar-refractivity contribution in [3.63, 3.8) is 0 Å². The van der Waals surface area contributed by atoms with Gasteiger partial charge in [0, 0.05) is 43.2 Å². The Bertz CT molecular complexity index is 598. The number of hydrogen-bond acceptors (Lipinski definition) is 5. The second-order valence-corrected chi connectivity index (χ2v) is 6.62. The Balaban J connectivity index is 1.99. The summed E-state index contributed by atoms with van der Waals surface area (Å²) in [4.78, 5) is 15.2. The molecule has 0 bridgehead atoms. The van der Waals surface area contributed by atoms with Crippen molar-refractivity contribution < 1.29 is 4.92 Å². The summed E-state index contributed by atoms with van der Waals surface area (Å²) in [5.74, 6) is 0. The number of nitro groups is 1. The van der Waals surface area contributed by atoms with Crippen LogP contribution in [0.3, 0.4) is 0 Å². The van der Waals surface area contributed by atoms with Gasteiger partial charge in [0.1, 0.15) is 0 Å². The topological polar surface area (TPSA) is 75.6 Å². The minimum Gasteiger partial charge on any atom is -0.355 e. The molecule has 0 saturated carbocycles. The molecular weight excluding hydrogens is 316 g/mol. The van der Waals surface area contributed by atoms with E-state index < -0.39 is 0 Å². The van der Waals surface area contributed by atoms with Crippen LogP contribution in [-0.4, -0.2) is 41.0 Å². The van der Waals surface area contributed by atoms with Crippen LogP contribution < -0.4 is 5.73 Å². The van der Waals surface area contributed by atoms with E-state index in [1.165, 1.54) is 30.7 Å². The quantitative estimate of drug-likeness (QED) is 0.399. The maximum atomic E-state index is 10.8. The summed E-state index contributed by atoms with van der Waals surface area (Å²) >= 11 is 0. The zero-order valence-corrected chi connectivity index (χ0v) is 15.4. The molecule has 2 N–H and O–H groups in total. The Hall–Kier alpha value is -2.08. The number of nitro benzene ring substituents is 1. The number of benzene rings is 1. The molecule has 1 aromatic rings. The first-order valence-corrected chi connectivity index (χ1v) is 9.19. The van der Waals surface area contributed by atoms with Gasteiger partial charge in [0.15, 0.2) is 0 Å². The fourth-order valence-electron chi connectivity index (χ4n) is 3.34. The van der Waals surface area contributed by atoms with Crippen LogP contribution in [0.5, 0.6) is 0 Å². The lowest BCUT2D eigenvalue weighted by molar-refractivity contribution is -0.384. The van der Waals surface area contributed by atoms with Crippen LogP contribution in [0.1, 0.15) is 45.1 Å². The van der Waals surface area contributed by atoms with E-state index >= 15 is 0 Å². The largest absolute Gasteiger partial charge is 0.355 e. The van der Waals surface area contributed by atoms with Gasteiger partial charge >= 0.3 is 0 Å². The number of nitrogens with zero attached hydrogens (tertiary/aromatic N) is 3. The van der Waals surface area contributed by atoms with E-state index in [1.54, 1.807) is 12.1 Å². The average molecular weight is 346 g/mol. The molecule has 0 radical (unpaired) electrons. The highest BCUT2D eigenvalue weighted by atomic mass is 16.6. The van der Waals surface area contributed by atoms with E-state index in [9.17, 15) is 10.1 Å². The molecule has 6 nitrogen and oxygen atoms in total. The van der Waals surface area contributed by atoms with Crippen LogP contribution in [-0.2, 0) is 6.42 Å². The van der Waals surface area contributed by atoms with Gasteiger partial charge in [-0.3, -0.25) is 10.1 Å². The molecule has 6 heteroatoms. The highest BCUT2D eigenvalue weighted by Crippen LogP contribution is 2.27. The van der Waals surface area contributed by atoms with Crippen LogP contribution in [0.15, 0.2) is 35.7 Å². The molecule has 0 unspecified atom stereocenters. The van der Waals surface area contributed by atoms with Gasteiger partial charge in [0.05, 0.1) is 11.6 Å². The second-order valence-electron chi connectivity index (χ2n) is 6.62. The lowest BCUT2D eigenvalue weighted by atomic mass is 10.1. The van der Waals surface area contributed by atoms with Gasteiger partial charge in [-0.25, -0.2) is 0 Å². The fourth-order valence-corrected chi connectivity index (χ4v) is 3.34. The zero-order valence-electron chi connectivity index (χ0n) is 15.4. The van der Waals surface area contributed by atoms with E-state index in [1.807, 2.05) is 12.1 Å². The fraction of sp³-hybridized carbons (Fsp3) is 0.579. The highest BCUT2D eigenvalue weighted by molar-refractivity contribution is 5.33. The summed E-state index contributed by atoms with van der Waals surface area (Å²) in [7, 11) is 0. The third-order valence-electron chi connectivity index (χ3n) is 4.85. The molecule has 0 aromatic heterocycles. The summed E-state index contributed by atoms with van der Waals surface area (Å²) in [5, 5.41) is 10.8. The number of nitrogens with two attached hydrogens (primary N) is 1. The first-order valence-electron chi connectivity index (χ1n) is 9.19. The van der Waals surface area contributed by atoms with Crippen molar-refractivity contribution in [1.29, 1.82) is 0 Å². The average Bonchev–Trinajstić information content (AvgIpc) is 2.90. The van der Waals surface area contributed by atoms with E-state index in [4.69, 9.17) is 5.73 Å². The number of allylic oxidation sites excluding steroid dienone is 2. The van der Waals surface area contributed by atoms with E-state index in [0.717, 1.165) is 38.2 Å². The number of non-ortho nitro benzene ring substituents is 1. The van der Waals surface area contributed by atoms with Gasteiger partial charge in [-0.15, -0.1) is 0 Å². The molecular formula is C19H30N4O2. The predicted molar refractivity (Wildman–Crippen MR) is 101 cm³/mol. The van der Waals surface area contributed by atoms with Gasteiger partial charge in [0.25, 0.3) is 5.69 Å². The smallest absolute Gasteiger partial charge is 0.269 e. The summed E-state index contributed by atoms with van der Waals surface area (Å²) in [5.41, 5.74) is 9.82. The predicted octanol–water partition coefficient (Wildman–Crippen LogP) is 3.48. The van der Waals surface area contributed by atoms with Crippen molar-refractivity contribution in [3.8, 4) is 0 Å². The first kappa shape index (κ1) is 19.2. The van der Waals surface area contributed by atoms with E-state index in [2.05, 4.69) is 23.6 Å². The standard InChI is InChI=1S/C19H30N4O2/c1-3-4-5-6-19-16(2)21(14-12-20)15-22(19)13-11-17-7-9-18(10-8-17)23(24)25/h7-10H,3-6,11-15,20H2,1-2H3. The molecule has 1 heterocycles. The molecule has 1 aromatic carbocycles. The maximum Gasteiger partial charge on any atom is 0.269 e. The first-order chi connectivity index (χ1) is 12.1. The third kappa shape index (κ3) is 5.19. The highest BCUT2D eigenvalue weighted by Gasteiger charge is 2.24. The summed E-state index contributed by atoms with van der Waals surface area (Å²) in [6, 6.07) is 6.89. The Labute approximate surface area is 150 Å². The van der Waals surface area contributed by atoms with Gasteiger partial charge in [0.2, 0.25) is 0 Å². The van der Waals surface area contributed by atoms with Crippen molar-refractivity contribution in [2.75, 3.05) is 26.3 Å². The van der Waals surface area contributed by atoms with Crippen molar-refractivity contribution in [3.05, 3.63) is 51.3 Å². The van der Waals surface area contributed by atoms with E-state index in [0.29, 0.717) is 6.54 Å². The Morgan fingerprint density at radius 1 is 1.12 bits per heavy atom. The molecule has 138 valence electrons. The Morgan fingerprint density at radius 2 is 1.84 bits per heavy atom. The normalized spacial score (nSPS) is 14.5. The van der Waals surface area contributed by atoms with Crippen molar-refractivity contribution in [1.82, 2.24) is 9.80 Å². The molecule has 0 fully saturated rings. The van der Waals surface area contributed by atoms with Crippen molar-refractivity contribution in [2.45, 2.75) is 46.0 Å². The molecule has 1 aliphatic rings. The molecule has 0 aliphatic carbocycles. The van der Waals surface area contributed by atoms with Gasteiger partial charge in [-0.2, -0.15) is 0 Å². The summed E-state index contributed by atoms with van der Waals surface area (Å²) in [6.07, 6.45) is 5.69. The summed E-state index contributed by atoms with van der Waals surface area (Å²) < 4.78 is 0. The van der Waals surface area contributed by atoms with Crippen LogP contribution in [0.25, 0.3) is 0 Å². The van der Waals surface area contributed by atoms with Gasteiger partial charge in [-0.1, -0.05) is 31.9 Å². The van der Waals surface area contributed by atoms with Crippen molar-refractivity contribution >= 4 is 5.69 Å². The van der Waals surface area contributed by atoms with Crippen molar-refractivity contribution in [2.24, 2.45) is 5.73 Å². The molecule has 0 amide bonds. The summed E-state index contributed by atoms with van der Waals surface area (Å²) in [6.45, 7) is 7.80. The maximum absolute atomic E-state index is 10.8. The van der Waals surface area contributed by atoms with Gasteiger partial charge in [-0.05, 0) is 31.7 Å². The lowest BCUT2D eigenvalue weighted by Crippen LogP contribution is -2.32. The van der Waals surface area contributed by atoms with E-state index in [-0.39, 0.29) is 10.6 Å². The minimum absolute atomic E-state index is 0.148. The SMILES string of the molecule is CCCCCC1=C(C)N(CCN)CN1CCc1ccc([N+](=O)[O-])cc1. The molecule has 0 atom stereocenters. The lowest BCUT2D eigenvalue weighted by Gasteiger charge is -2.24. The molecule has 0 saturated heterocycles. The monoisotopic (exact) mass is 346 g/mol. The molecule has 1 aliphatic heterocycles. The molecule has 2 rings (SSSR count). The van der Waals surface area contributed by atoms with Crippen LogP contribution in [0.4, 0.5) is 5.69 Å². The number of rotatable bonds is 10. The number of hydrogen-bond donors (Lipinski definition) is 1. The third-order valence-corrected chi connectivity index (χ3v) is 4.85. The second kappa shape index (κ2) is 9.42. The minimum atomic E-state index is -0.354. The van der Waals surface area contributed by atoms with Crippen LogP contribution in [0.2, 0.25) is 0 Å². The Kier molecular flexibility index (Phi) is 7.25. The molecule has 25 heavy (non-hydrogen) atoms. The van der Waals surface area contributed by atoms with Crippen LogP contribution >= 0.6 is 0 Å². The van der Waals surface area contributed by atoms with Crippen LogP contribution in [0, 0.1) is 10.1 Å².